The number of hydrogen-bond donors (Lipinski definition) is 0. The van der Waals surface area contributed by atoms with Gasteiger partial charge in [0.2, 0.25) is 5.89 Å². The molecule has 0 spiro atoms. The fraction of sp³-hybridized carbons (Fsp3) is 0.667. The summed E-state index contributed by atoms with van der Waals surface area (Å²) in [6.07, 6.45) is 3.23. The van der Waals surface area contributed by atoms with E-state index in [2.05, 4.69) is 24.6 Å². The second kappa shape index (κ2) is 6.92. The van der Waals surface area contributed by atoms with Crippen molar-refractivity contribution in [1.29, 1.82) is 0 Å². The standard InChI is InChI=1S/C15H20F3N5O/c1-11-19-6-9-22(11)8-5-12-4-2-3-7-23(12)10-13-20-14(21-24-13)15(16,17)18/h6,9,12H,2-5,7-8,10H2,1H3/t12-/m1/s1. The van der Waals surface area contributed by atoms with E-state index in [0.29, 0.717) is 6.04 Å². The van der Waals surface area contributed by atoms with E-state index in [1.54, 1.807) is 6.20 Å². The van der Waals surface area contributed by atoms with Crippen LogP contribution < -0.4 is 0 Å². The number of hydrogen-bond acceptors (Lipinski definition) is 5. The third kappa shape index (κ3) is 3.95. The smallest absolute Gasteiger partial charge is 0.338 e. The highest BCUT2D eigenvalue weighted by atomic mass is 19.4. The summed E-state index contributed by atoms with van der Waals surface area (Å²) < 4.78 is 44.6. The van der Waals surface area contributed by atoms with Gasteiger partial charge in [-0.25, -0.2) is 4.98 Å². The van der Waals surface area contributed by atoms with E-state index in [1.807, 2.05) is 13.1 Å². The molecule has 0 saturated carbocycles. The van der Waals surface area contributed by atoms with Crippen molar-refractivity contribution in [3.8, 4) is 0 Å². The number of imidazole rings is 1. The van der Waals surface area contributed by atoms with Crippen molar-refractivity contribution in [2.24, 2.45) is 0 Å². The maximum Gasteiger partial charge on any atom is 0.455 e. The Labute approximate surface area is 137 Å². The lowest BCUT2D eigenvalue weighted by atomic mass is 9.99. The molecule has 6 nitrogen and oxygen atoms in total. The number of rotatable bonds is 5. The molecule has 0 amide bonds. The number of nitrogens with zero attached hydrogens (tertiary/aromatic N) is 5. The molecule has 9 heteroatoms. The summed E-state index contributed by atoms with van der Waals surface area (Å²) in [7, 11) is 0. The Balaban J connectivity index is 1.62. The van der Waals surface area contributed by atoms with Gasteiger partial charge in [-0.3, -0.25) is 4.90 Å². The molecule has 2 aromatic rings. The molecule has 2 aromatic heterocycles. The van der Waals surface area contributed by atoms with Gasteiger partial charge in [-0.2, -0.15) is 18.2 Å². The van der Waals surface area contributed by atoms with Crippen LogP contribution in [-0.2, 0) is 19.3 Å². The molecule has 0 bridgehead atoms. The van der Waals surface area contributed by atoms with Crippen molar-refractivity contribution in [3.63, 3.8) is 0 Å². The minimum Gasteiger partial charge on any atom is -0.338 e. The van der Waals surface area contributed by atoms with Crippen LogP contribution in [0, 0.1) is 6.92 Å². The van der Waals surface area contributed by atoms with E-state index >= 15 is 0 Å². The fourth-order valence-corrected chi connectivity index (χ4v) is 3.13. The van der Waals surface area contributed by atoms with Gasteiger partial charge in [0.05, 0.1) is 6.54 Å². The van der Waals surface area contributed by atoms with Crippen molar-refractivity contribution in [2.75, 3.05) is 6.54 Å². The first-order chi connectivity index (χ1) is 11.4. The number of halogens is 3. The van der Waals surface area contributed by atoms with Gasteiger partial charge < -0.3 is 9.09 Å². The van der Waals surface area contributed by atoms with E-state index in [-0.39, 0.29) is 12.4 Å². The lowest BCUT2D eigenvalue weighted by molar-refractivity contribution is -0.146. The molecule has 1 aliphatic rings. The Bertz CT molecular complexity index is 666. The fourth-order valence-electron chi connectivity index (χ4n) is 3.13. The van der Waals surface area contributed by atoms with Crippen molar-refractivity contribution in [2.45, 2.75) is 57.9 Å². The molecule has 0 N–H and O–H groups in total. The normalized spacial score (nSPS) is 19.8. The summed E-state index contributed by atoms with van der Waals surface area (Å²) in [5, 5.41) is 3.03. The van der Waals surface area contributed by atoms with Crippen molar-refractivity contribution in [1.82, 2.24) is 24.6 Å². The van der Waals surface area contributed by atoms with Crippen LogP contribution in [0.5, 0.6) is 0 Å². The van der Waals surface area contributed by atoms with Crippen LogP contribution in [0.25, 0.3) is 0 Å². The highest BCUT2D eigenvalue weighted by Crippen LogP contribution is 2.27. The van der Waals surface area contributed by atoms with Crippen LogP contribution in [0.1, 0.15) is 43.2 Å². The van der Waals surface area contributed by atoms with Crippen LogP contribution in [0.15, 0.2) is 16.9 Å². The summed E-state index contributed by atoms with van der Waals surface area (Å²) in [5.74, 6) is -0.225. The zero-order valence-electron chi connectivity index (χ0n) is 13.5. The lowest BCUT2D eigenvalue weighted by Gasteiger charge is -2.34. The number of piperidine rings is 1. The number of alkyl halides is 3. The maximum absolute atomic E-state index is 12.6. The Morgan fingerprint density at radius 2 is 2.17 bits per heavy atom. The first-order valence-electron chi connectivity index (χ1n) is 8.05. The van der Waals surface area contributed by atoms with E-state index in [1.165, 1.54) is 0 Å². The van der Waals surface area contributed by atoms with Crippen molar-refractivity contribution < 1.29 is 17.7 Å². The molecule has 1 aliphatic heterocycles. The van der Waals surface area contributed by atoms with Gasteiger partial charge in [0.15, 0.2) is 0 Å². The molecule has 0 aliphatic carbocycles. The molecule has 3 heterocycles. The van der Waals surface area contributed by atoms with Gasteiger partial charge in [-0.1, -0.05) is 11.6 Å². The second-order valence-corrected chi connectivity index (χ2v) is 6.09. The SMILES string of the molecule is Cc1nccn1CC[C@H]1CCCCN1Cc1nc(C(F)(F)F)no1. The Morgan fingerprint density at radius 1 is 1.33 bits per heavy atom. The first kappa shape index (κ1) is 16.9. The number of likely N-dealkylation sites (tertiary alicyclic amines) is 1. The predicted molar refractivity (Wildman–Crippen MR) is 78.9 cm³/mol. The summed E-state index contributed by atoms with van der Waals surface area (Å²) >= 11 is 0. The minimum absolute atomic E-state index is 0.0213. The summed E-state index contributed by atoms with van der Waals surface area (Å²) in [5.41, 5.74) is 0. The van der Waals surface area contributed by atoms with Gasteiger partial charge in [-0.05, 0) is 32.7 Å². The van der Waals surface area contributed by atoms with Crippen LogP contribution in [-0.4, -0.2) is 37.2 Å². The molecular formula is C15H20F3N5O. The monoisotopic (exact) mass is 343 g/mol. The molecule has 0 unspecified atom stereocenters. The van der Waals surface area contributed by atoms with E-state index in [0.717, 1.165) is 44.6 Å². The summed E-state index contributed by atoms with van der Waals surface area (Å²) in [6.45, 7) is 3.88. The maximum atomic E-state index is 12.6. The number of aromatic nitrogens is 4. The zero-order chi connectivity index (χ0) is 17.2. The summed E-state index contributed by atoms with van der Waals surface area (Å²) in [4.78, 5) is 9.82. The average Bonchev–Trinajstić information content (AvgIpc) is 3.15. The predicted octanol–water partition coefficient (Wildman–Crippen LogP) is 3.04. The van der Waals surface area contributed by atoms with Gasteiger partial charge in [-0.15, -0.1) is 0 Å². The molecule has 1 fully saturated rings. The Kier molecular flexibility index (Phi) is 4.88. The zero-order valence-corrected chi connectivity index (χ0v) is 13.5. The van der Waals surface area contributed by atoms with Gasteiger partial charge >= 0.3 is 6.18 Å². The topological polar surface area (TPSA) is 60.0 Å². The molecule has 1 saturated heterocycles. The van der Waals surface area contributed by atoms with E-state index in [9.17, 15) is 13.2 Å². The quantitative estimate of drug-likeness (QED) is 0.835. The van der Waals surface area contributed by atoms with Crippen LogP contribution in [0.3, 0.4) is 0 Å². The Morgan fingerprint density at radius 3 is 2.83 bits per heavy atom. The molecular weight excluding hydrogens is 323 g/mol. The number of aryl methyl sites for hydroxylation is 2. The summed E-state index contributed by atoms with van der Waals surface area (Å²) in [6, 6.07) is 0.293. The molecule has 0 radical (unpaired) electrons. The molecule has 24 heavy (non-hydrogen) atoms. The van der Waals surface area contributed by atoms with Gasteiger partial charge in [0.1, 0.15) is 5.82 Å². The largest absolute Gasteiger partial charge is 0.455 e. The highest BCUT2D eigenvalue weighted by molar-refractivity contribution is 4.93. The van der Waals surface area contributed by atoms with Crippen molar-refractivity contribution >= 4 is 0 Å². The van der Waals surface area contributed by atoms with Gasteiger partial charge in [0.25, 0.3) is 5.82 Å². The van der Waals surface area contributed by atoms with Crippen LogP contribution in [0.2, 0.25) is 0 Å². The van der Waals surface area contributed by atoms with E-state index in [4.69, 9.17) is 4.52 Å². The Hall–Kier alpha value is -1.90. The van der Waals surface area contributed by atoms with Gasteiger partial charge in [0, 0.05) is 25.0 Å². The molecule has 3 rings (SSSR count). The van der Waals surface area contributed by atoms with Crippen molar-refractivity contribution in [3.05, 3.63) is 29.9 Å². The lowest BCUT2D eigenvalue weighted by Crippen LogP contribution is -2.39. The highest BCUT2D eigenvalue weighted by Gasteiger charge is 2.37. The third-order valence-corrected chi connectivity index (χ3v) is 4.44. The third-order valence-electron chi connectivity index (χ3n) is 4.44. The van der Waals surface area contributed by atoms with Crippen LogP contribution >= 0.6 is 0 Å². The first-order valence-corrected chi connectivity index (χ1v) is 8.05. The van der Waals surface area contributed by atoms with E-state index < -0.39 is 12.0 Å². The molecule has 132 valence electrons. The van der Waals surface area contributed by atoms with Crippen LogP contribution in [0.4, 0.5) is 13.2 Å². The molecule has 0 aromatic carbocycles. The molecule has 1 atom stereocenters. The minimum atomic E-state index is -4.57. The second-order valence-electron chi connectivity index (χ2n) is 6.09. The average molecular weight is 343 g/mol.